The zero-order valence-corrected chi connectivity index (χ0v) is 17.7. The van der Waals surface area contributed by atoms with Crippen LogP contribution in [-0.4, -0.2) is 47.2 Å². The Labute approximate surface area is 188 Å². The summed E-state index contributed by atoms with van der Waals surface area (Å²) in [5.41, 5.74) is 0.0579. The molecule has 0 bridgehead atoms. The van der Waals surface area contributed by atoms with Crippen molar-refractivity contribution < 1.29 is 24.0 Å². The van der Waals surface area contributed by atoms with E-state index in [1.807, 2.05) is 23.1 Å². The van der Waals surface area contributed by atoms with Crippen molar-refractivity contribution in [3.05, 3.63) is 58.1 Å². The monoisotopic (exact) mass is 448 g/mol. The number of nitrogens with zero attached hydrogens (tertiary/aromatic N) is 3. The van der Waals surface area contributed by atoms with Crippen LogP contribution in [0.5, 0.6) is 5.75 Å². The van der Waals surface area contributed by atoms with E-state index in [-0.39, 0.29) is 29.1 Å². The van der Waals surface area contributed by atoms with Gasteiger partial charge in [0.15, 0.2) is 0 Å². The molecule has 1 N–H and O–H groups in total. The van der Waals surface area contributed by atoms with Gasteiger partial charge in [-0.3, -0.25) is 29.4 Å². The van der Waals surface area contributed by atoms with E-state index in [1.165, 1.54) is 25.3 Å². The maximum Gasteiger partial charge on any atom is 0.273 e. The number of non-ortho nitro benzene ring substituents is 1. The Morgan fingerprint density at radius 2 is 1.94 bits per heavy atom. The quantitative estimate of drug-likeness (QED) is 0.433. The van der Waals surface area contributed by atoms with Gasteiger partial charge >= 0.3 is 0 Å². The molecule has 0 aromatic heterocycles. The number of methoxy groups -OCH3 is 1. The highest BCUT2D eigenvalue weighted by atomic mass is 16.6. The molecular weight excluding hydrogens is 428 g/mol. The fraction of sp³-hybridized carbons (Fsp3) is 0.348. The van der Waals surface area contributed by atoms with Gasteiger partial charge in [0.2, 0.25) is 17.7 Å². The average molecular weight is 448 g/mol. The molecule has 4 atom stereocenters. The summed E-state index contributed by atoms with van der Waals surface area (Å²) in [6.07, 6.45) is 1.54. The largest absolute Gasteiger partial charge is 0.494 e. The molecule has 168 valence electrons. The van der Waals surface area contributed by atoms with E-state index in [1.54, 1.807) is 6.07 Å². The number of para-hydroxylation sites is 1. The molecule has 0 radical (unpaired) electrons. The lowest BCUT2D eigenvalue weighted by molar-refractivity contribution is -0.384. The number of hydrogen-bond donors (Lipinski definition) is 1. The Balaban J connectivity index is 1.53. The van der Waals surface area contributed by atoms with Crippen molar-refractivity contribution >= 4 is 34.8 Å². The third-order valence-electron chi connectivity index (χ3n) is 7.52. The Hall–Kier alpha value is -3.79. The normalized spacial score (nSPS) is 29.9. The van der Waals surface area contributed by atoms with Gasteiger partial charge in [-0.2, -0.15) is 0 Å². The molecule has 0 unspecified atom stereocenters. The number of nitro groups is 1. The fourth-order valence-electron chi connectivity index (χ4n) is 6.36. The summed E-state index contributed by atoms with van der Waals surface area (Å²) in [6, 6.07) is 10.9. The summed E-state index contributed by atoms with van der Waals surface area (Å²) in [7, 11) is 1.33. The molecule has 2 aromatic rings. The first-order chi connectivity index (χ1) is 15.9. The summed E-state index contributed by atoms with van der Waals surface area (Å²) in [6.45, 7) is 0.626. The second kappa shape index (κ2) is 6.61. The van der Waals surface area contributed by atoms with E-state index in [4.69, 9.17) is 4.74 Å². The van der Waals surface area contributed by atoms with Crippen LogP contribution in [-0.2, 0) is 19.9 Å². The van der Waals surface area contributed by atoms with Crippen LogP contribution in [0.15, 0.2) is 42.5 Å². The zero-order chi connectivity index (χ0) is 23.1. The molecular formula is C23H20N4O6. The van der Waals surface area contributed by atoms with Gasteiger partial charge in [0.1, 0.15) is 11.3 Å². The Morgan fingerprint density at radius 3 is 2.70 bits per heavy atom. The summed E-state index contributed by atoms with van der Waals surface area (Å²) >= 11 is 0. The molecule has 0 saturated carbocycles. The van der Waals surface area contributed by atoms with Gasteiger partial charge in [-0.15, -0.1) is 0 Å². The predicted molar refractivity (Wildman–Crippen MR) is 116 cm³/mol. The van der Waals surface area contributed by atoms with E-state index in [9.17, 15) is 24.5 Å². The summed E-state index contributed by atoms with van der Waals surface area (Å²) in [5.74, 6) is -2.70. The molecule has 1 spiro atoms. The molecule has 4 aliphatic heterocycles. The van der Waals surface area contributed by atoms with E-state index < -0.39 is 34.1 Å². The molecule has 0 aliphatic carbocycles. The van der Waals surface area contributed by atoms with E-state index in [0.29, 0.717) is 24.2 Å². The van der Waals surface area contributed by atoms with Gasteiger partial charge in [0.25, 0.3) is 5.69 Å². The number of carbonyl (C=O) groups is 3. The van der Waals surface area contributed by atoms with Crippen LogP contribution in [0.4, 0.5) is 17.1 Å². The minimum absolute atomic E-state index is 0.0551. The van der Waals surface area contributed by atoms with Crippen LogP contribution in [0.1, 0.15) is 18.4 Å². The van der Waals surface area contributed by atoms with Crippen LogP contribution in [0, 0.1) is 22.0 Å². The number of amides is 3. The summed E-state index contributed by atoms with van der Waals surface area (Å²) in [5, 5.41) is 14.1. The number of nitro benzene ring substituents is 1. The lowest BCUT2D eigenvalue weighted by Crippen LogP contribution is -2.54. The van der Waals surface area contributed by atoms with Crippen LogP contribution in [0.25, 0.3) is 0 Å². The first kappa shape index (κ1) is 19.9. The Kier molecular flexibility index (Phi) is 3.98. The van der Waals surface area contributed by atoms with Crippen molar-refractivity contribution in [3.8, 4) is 5.75 Å². The molecule has 2 aromatic carbocycles. The lowest BCUT2D eigenvalue weighted by Gasteiger charge is -2.36. The number of ether oxygens (including phenoxy) is 1. The topological polar surface area (TPSA) is 122 Å². The molecule has 10 heteroatoms. The highest BCUT2D eigenvalue weighted by Gasteiger charge is 2.74. The van der Waals surface area contributed by atoms with E-state index in [2.05, 4.69) is 5.32 Å². The van der Waals surface area contributed by atoms with Crippen molar-refractivity contribution in [1.82, 2.24) is 4.90 Å². The highest BCUT2D eigenvalue weighted by molar-refractivity contribution is 6.26. The Bertz CT molecular complexity index is 1260. The minimum Gasteiger partial charge on any atom is -0.494 e. The van der Waals surface area contributed by atoms with Crippen molar-refractivity contribution in [2.45, 2.75) is 24.4 Å². The maximum absolute atomic E-state index is 13.9. The number of imide groups is 1. The van der Waals surface area contributed by atoms with Gasteiger partial charge in [-0.05, 0) is 31.5 Å². The van der Waals surface area contributed by atoms with Crippen LogP contribution >= 0.6 is 0 Å². The molecule has 33 heavy (non-hydrogen) atoms. The first-order valence-corrected chi connectivity index (χ1v) is 10.8. The maximum atomic E-state index is 13.9. The van der Waals surface area contributed by atoms with Crippen LogP contribution in [0.3, 0.4) is 0 Å². The predicted octanol–water partition coefficient (Wildman–Crippen LogP) is 2.03. The third kappa shape index (κ3) is 2.28. The van der Waals surface area contributed by atoms with Crippen LogP contribution < -0.4 is 15.0 Å². The number of fused-ring (bicyclic) bond motifs is 7. The van der Waals surface area contributed by atoms with Crippen molar-refractivity contribution in [1.29, 1.82) is 0 Å². The SMILES string of the molecule is COc1cc([N+](=O)[O-])ccc1N1C(=O)[C@@H]2[C@@H](C1=O)[C@]1(C(=O)Nc3ccccc31)N1CCC[C@@H]21. The van der Waals surface area contributed by atoms with Crippen molar-refractivity contribution in [3.63, 3.8) is 0 Å². The van der Waals surface area contributed by atoms with Gasteiger partial charge in [-0.25, -0.2) is 4.90 Å². The van der Waals surface area contributed by atoms with Crippen molar-refractivity contribution in [2.24, 2.45) is 11.8 Å². The number of hydrogen-bond acceptors (Lipinski definition) is 7. The number of nitrogens with one attached hydrogen (secondary N) is 1. The van der Waals surface area contributed by atoms with Gasteiger partial charge in [0, 0.05) is 23.4 Å². The van der Waals surface area contributed by atoms with Gasteiger partial charge in [-0.1, -0.05) is 18.2 Å². The Morgan fingerprint density at radius 1 is 1.15 bits per heavy atom. The standard InChI is InChI=1S/C23H20N4O6/c1-33-17-11-12(27(31)32)8-9-15(17)26-20(28)18-16-7-4-10-25(16)23(19(18)21(26)29)13-5-2-3-6-14(13)24-22(23)30/h2-3,5-6,8-9,11,16,18-19H,4,7,10H2,1H3,(H,24,30)/t16-,18-,19-,23+/m0/s1. The van der Waals surface area contributed by atoms with E-state index >= 15 is 0 Å². The average Bonchev–Trinajstić information content (AvgIpc) is 3.51. The highest BCUT2D eigenvalue weighted by Crippen LogP contribution is 2.61. The molecule has 3 saturated heterocycles. The number of carbonyl (C=O) groups excluding carboxylic acids is 3. The minimum atomic E-state index is -1.25. The summed E-state index contributed by atoms with van der Waals surface area (Å²) < 4.78 is 5.31. The second-order valence-electron chi connectivity index (χ2n) is 8.80. The molecule has 3 fully saturated rings. The number of benzene rings is 2. The smallest absolute Gasteiger partial charge is 0.273 e. The molecule has 3 amide bonds. The number of rotatable bonds is 3. The first-order valence-electron chi connectivity index (χ1n) is 10.8. The molecule has 6 rings (SSSR count). The van der Waals surface area contributed by atoms with Crippen molar-refractivity contribution in [2.75, 3.05) is 23.9 Å². The lowest BCUT2D eigenvalue weighted by atomic mass is 9.75. The van der Waals surface area contributed by atoms with Gasteiger partial charge in [0.05, 0.1) is 35.6 Å². The molecule has 10 nitrogen and oxygen atoms in total. The zero-order valence-electron chi connectivity index (χ0n) is 17.7. The third-order valence-corrected chi connectivity index (χ3v) is 7.52. The summed E-state index contributed by atoms with van der Waals surface area (Å²) in [4.78, 5) is 55.0. The van der Waals surface area contributed by atoms with Crippen LogP contribution in [0.2, 0.25) is 0 Å². The van der Waals surface area contributed by atoms with E-state index in [0.717, 1.165) is 11.3 Å². The number of anilines is 2. The molecule has 4 heterocycles. The van der Waals surface area contributed by atoms with Gasteiger partial charge < -0.3 is 10.1 Å². The second-order valence-corrected chi connectivity index (χ2v) is 8.80. The molecule has 4 aliphatic rings. The fourth-order valence-corrected chi connectivity index (χ4v) is 6.36.